The highest BCUT2D eigenvalue weighted by atomic mass is 16.5. The molecule has 0 saturated carbocycles. The summed E-state index contributed by atoms with van der Waals surface area (Å²) in [6, 6.07) is 12.1. The molecule has 0 aromatic heterocycles. The number of aliphatic hydroxyl groups is 1. The highest BCUT2D eigenvalue weighted by molar-refractivity contribution is 6.46. The molecule has 1 amide bonds. The summed E-state index contributed by atoms with van der Waals surface area (Å²) >= 11 is 0. The zero-order chi connectivity index (χ0) is 25.0. The molecule has 0 unspecified atom stereocenters. The number of aliphatic hydroxyl groups excluding tert-OH is 1. The van der Waals surface area contributed by atoms with Gasteiger partial charge < -0.3 is 24.4 Å². The summed E-state index contributed by atoms with van der Waals surface area (Å²) in [5, 5.41) is 11.3. The second-order valence-electron chi connectivity index (χ2n) is 9.04. The number of carbonyl (C=O) groups is 2. The molecule has 2 aromatic carbocycles. The molecule has 1 aliphatic heterocycles. The van der Waals surface area contributed by atoms with Gasteiger partial charge in [0.25, 0.3) is 11.7 Å². The number of methoxy groups -OCH3 is 2. The first-order valence-electron chi connectivity index (χ1n) is 11.4. The zero-order valence-corrected chi connectivity index (χ0v) is 20.8. The number of hydrogen-bond donors (Lipinski definition) is 1. The van der Waals surface area contributed by atoms with Crippen molar-refractivity contribution in [3.8, 4) is 11.5 Å². The van der Waals surface area contributed by atoms with Crippen LogP contribution < -0.4 is 9.47 Å². The Kier molecular flexibility index (Phi) is 7.99. The largest absolute Gasteiger partial charge is 0.507 e. The second-order valence-corrected chi connectivity index (χ2v) is 9.04. The van der Waals surface area contributed by atoms with Gasteiger partial charge in [0.2, 0.25) is 0 Å². The van der Waals surface area contributed by atoms with Crippen molar-refractivity contribution in [3.05, 3.63) is 64.7 Å². The normalized spacial score (nSPS) is 17.6. The molecule has 1 aliphatic rings. The van der Waals surface area contributed by atoms with E-state index in [1.54, 1.807) is 23.1 Å². The fraction of sp³-hybridized carbons (Fsp3) is 0.407. The van der Waals surface area contributed by atoms with Crippen LogP contribution in [0.4, 0.5) is 0 Å². The molecule has 7 heteroatoms. The Morgan fingerprint density at radius 1 is 1.03 bits per heavy atom. The van der Waals surface area contributed by atoms with Crippen LogP contribution in [0.1, 0.15) is 48.9 Å². The molecular weight excluding hydrogens is 432 g/mol. The maximum atomic E-state index is 13.2. The Morgan fingerprint density at radius 2 is 1.68 bits per heavy atom. The van der Waals surface area contributed by atoms with Crippen LogP contribution in [-0.4, -0.2) is 68.0 Å². The molecule has 0 spiro atoms. The minimum Gasteiger partial charge on any atom is -0.507 e. The third-order valence-electron chi connectivity index (χ3n) is 6.12. The van der Waals surface area contributed by atoms with Gasteiger partial charge in [0.05, 0.1) is 25.8 Å². The SMILES string of the molecule is COc1ccc(/C(O)=C2\C(=O)C(=O)N(CCCN(C)C)[C@@H]2c2ccc(C(C)C)cc2)cc1OC. The fourth-order valence-electron chi connectivity index (χ4n) is 4.22. The molecule has 1 atom stereocenters. The second kappa shape index (κ2) is 10.7. The van der Waals surface area contributed by atoms with Crippen molar-refractivity contribution in [1.29, 1.82) is 0 Å². The quantitative estimate of drug-likeness (QED) is 0.339. The average molecular weight is 467 g/mol. The van der Waals surface area contributed by atoms with E-state index in [0.717, 1.165) is 17.7 Å². The van der Waals surface area contributed by atoms with Crippen molar-refractivity contribution in [1.82, 2.24) is 9.80 Å². The van der Waals surface area contributed by atoms with Crippen LogP contribution in [0.15, 0.2) is 48.0 Å². The lowest BCUT2D eigenvalue weighted by atomic mass is 9.93. The van der Waals surface area contributed by atoms with E-state index in [2.05, 4.69) is 13.8 Å². The van der Waals surface area contributed by atoms with Gasteiger partial charge in [0.1, 0.15) is 5.76 Å². The Bertz CT molecular complexity index is 1070. The van der Waals surface area contributed by atoms with E-state index in [1.165, 1.54) is 14.2 Å². The molecule has 1 fully saturated rings. The molecule has 2 aromatic rings. The number of amides is 1. The summed E-state index contributed by atoms with van der Waals surface area (Å²) in [7, 11) is 6.96. The van der Waals surface area contributed by atoms with Crippen LogP contribution in [0.5, 0.6) is 11.5 Å². The zero-order valence-electron chi connectivity index (χ0n) is 20.8. The van der Waals surface area contributed by atoms with E-state index in [0.29, 0.717) is 35.9 Å². The van der Waals surface area contributed by atoms with Crippen LogP contribution >= 0.6 is 0 Å². The lowest BCUT2D eigenvalue weighted by molar-refractivity contribution is -0.139. The Morgan fingerprint density at radius 3 is 2.24 bits per heavy atom. The van der Waals surface area contributed by atoms with Gasteiger partial charge in [0.15, 0.2) is 11.5 Å². The van der Waals surface area contributed by atoms with E-state index in [4.69, 9.17) is 9.47 Å². The smallest absolute Gasteiger partial charge is 0.295 e. The first-order chi connectivity index (χ1) is 16.2. The first kappa shape index (κ1) is 25.3. The number of ketones is 1. The maximum Gasteiger partial charge on any atom is 0.295 e. The minimum atomic E-state index is -0.685. The molecule has 1 heterocycles. The van der Waals surface area contributed by atoms with Crippen LogP contribution in [0.3, 0.4) is 0 Å². The Hall–Kier alpha value is -3.32. The van der Waals surface area contributed by atoms with Gasteiger partial charge in [-0.2, -0.15) is 0 Å². The van der Waals surface area contributed by atoms with Gasteiger partial charge in [-0.05, 0) is 62.3 Å². The van der Waals surface area contributed by atoms with Crippen molar-refractivity contribution in [2.75, 3.05) is 41.4 Å². The number of rotatable bonds is 9. The van der Waals surface area contributed by atoms with Crippen molar-refractivity contribution >= 4 is 17.4 Å². The predicted octanol–water partition coefficient (Wildman–Crippen LogP) is 4.20. The number of Topliss-reactive ketones (excluding diaryl/α,β-unsaturated/α-hetero) is 1. The van der Waals surface area contributed by atoms with Gasteiger partial charge in [0, 0.05) is 12.1 Å². The third-order valence-corrected chi connectivity index (χ3v) is 6.12. The van der Waals surface area contributed by atoms with Crippen LogP contribution in [0.2, 0.25) is 0 Å². The average Bonchev–Trinajstić information content (AvgIpc) is 3.07. The summed E-state index contributed by atoms with van der Waals surface area (Å²) < 4.78 is 10.6. The Balaban J connectivity index is 2.12. The predicted molar refractivity (Wildman–Crippen MR) is 132 cm³/mol. The van der Waals surface area contributed by atoms with E-state index in [-0.39, 0.29) is 11.3 Å². The number of nitrogens with zero attached hydrogens (tertiary/aromatic N) is 2. The molecule has 3 rings (SSSR count). The van der Waals surface area contributed by atoms with Gasteiger partial charge in [-0.25, -0.2) is 0 Å². The molecule has 0 radical (unpaired) electrons. The molecule has 0 bridgehead atoms. The van der Waals surface area contributed by atoms with Crippen LogP contribution in [-0.2, 0) is 9.59 Å². The lowest BCUT2D eigenvalue weighted by Gasteiger charge is -2.26. The van der Waals surface area contributed by atoms with Crippen LogP contribution in [0.25, 0.3) is 5.76 Å². The Labute approximate surface area is 201 Å². The van der Waals surface area contributed by atoms with Crippen LogP contribution in [0, 0.1) is 0 Å². The van der Waals surface area contributed by atoms with Crippen molar-refractivity contribution in [3.63, 3.8) is 0 Å². The van der Waals surface area contributed by atoms with E-state index >= 15 is 0 Å². The van der Waals surface area contributed by atoms with Gasteiger partial charge in [-0.3, -0.25) is 9.59 Å². The molecule has 34 heavy (non-hydrogen) atoms. The molecule has 182 valence electrons. The highest BCUT2D eigenvalue weighted by Gasteiger charge is 2.45. The van der Waals surface area contributed by atoms with Crippen molar-refractivity contribution in [2.45, 2.75) is 32.2 Å². The van der Waals surface area contributed by atoms with Gasteiger partial charge >= 0.3 is 0 Å². The maximum absolute atomic E-state index is 13.2. The standard InChI is InChI=1S/C27H34N2O5/c1-17(2)18-8-10-19(11-9-18)24-23(26(31)27(32)29(24)15-7-14-28(3)4)25(30)20-12-13-21(33-5)22(16-20)34-6/h8-13,16-17,24,30H,7,14-15H2,1-6H3/b25-23+/t24-/m1/s1. The number of likely N-dealkylation sites (tertiary alicyclic amines) is 1. The number of carbonyl (C=O) groups excluding carboxylic acids is 2. The highest BCUT2D eigenvalue weighted by Crippen LogP contribution is 2.41. The van der Waals surface area contributed by atoms with E-state index in [9.17, 15) is 14.7 Å². The summed E-state index contributed by atoms with van der Waals surface area (Å²) in [6.07, 6.45) is 0.705. The van der Waals surface area contributed by atoms with Gasteiger partial charge in [-0.15, -0.1) is 0 Å². The summed E-state index contributed by atoms with van der Waals surface area (Å²) in [5.74, 6) is -0.234. The molecular formula is C27H34N2O5. The molecule has 7 nitrogen and oxygen atoms in total. The third kappa shape index (κ3) is 5.09. The molecule has 1 saturated heterocycles. The summed E-state index contributed by atoms with van der Waals surface area (Å²) in [4.78, 5) is 29.9. The van der Waals surface area contributed by atoms with Gasteiger partial charge in [-0.1, -0.05) is 38.1 Å². The number of ether oxygens (including phenoxy) is 2. The fourth-order valence-corrected chi connectivity index (χ4v) is 4.22. The number of hydrogen-bond acceptors (Lipinski definition) is 6. The number of benzene rings is 2. The van der Waals surface area contributed by atoms with Crippen molar-refractivity contribution < 1.29 is 24.2 Å². The molecule has 0 aliphatic carbocycles. The first-order valence-corrected chi connectivity index (χ1v) is 11.4. The lowest BCUT2D eigenvalue weighted by Crippen LogP contribution is -2.32. The summed E-state index contributed by atoms with van der Waals surface area (Å²) in [5.41, 5.74) is 2.41. The molecule has 1 N–H and O–H groups in total. The van der Waals surface area contributed by atoms with Crippen molar-refractivity contribution in [2.24, 2.45) is 0 Å². The monoisotopic (exact) mass is 466 g/mol. The van der Waals surface area contributed by atoms with E-state index < -0.39 is 17.7 Å². The minimum absolute atomic E-state index is 0.0827. The summed E-state index contributed by atoms with van der Waals surface area (Å²) in [6.45, 7) is 5.40. The van der Waals surface area contributed by atoms with E-state index in [1.807, 2.05) is 43.3 Å². The topological polar surface area (TPSA) is 79.3 Å².